The molecular formula is C19H20IN3O3. The zero-order valence-corrected chi connectivity index (χ0v) is 16.4. The minimum atomic E-state index is -0.160. The van der Waals surface area contributed by atoms with E-state index in [2.05, 4.69) is 38.1 Å². The fourth-order valence-electron chi connectivity index (χ4n) is 2.63. The highest BCUT2D eigenvalue weighted by atomic mass is 127. The van der Waals surface area contributed by atoms with Crippen molar-refractivity contribution in [2.75, 3.05) is 43.5 Å². The van der Waals surface area contributed by atoms with E-state index in [0.717, 1.165) is 16.7 Å². The first-order valence-corrected chi connectivity index (χ1v) is 9.45. The molecule has 0 aromatic heterocycles. The Morgan fingerprint density at radius 2 is 1.65 bits per heavy atom. The second-order valence-electron chi connectivity index (χ2n) is 5.98. The topological polar surface area (TPSA) is 70.7 Å². The van der Waals surface area contributed by atoms with Crippen LogP contribution >= 0.6 is 22.6 Å². The number of benzene rings is 2. The molecule has 0 aliphatic carbocycles. The van der Waals surface area contributed by atoms with Gasteiger partial charge in [-0.05, 0) is 65.1 Å². The molecule has 0 saturated carbocycles. The molecule has 3 rings (SSSR count). The zero-order valence-electron chi connectivity index (χ0n) is 14.2. The standard InChI is InChI=1S/C19H20IN3O3/c20-15-3-1-2-14(12-15)19(25)22-17-6-4-16(5-7-17)21-18(24)13-23-8-10-26-11-9-23/h1-7,12H,8-11,13H2,(H,21,24)(H,22,25). The number of morpholine rings is 1. The van der Waals surface area contributed by atoms with Gasteiger partial charge in [0.15, 0.2) is 0 Å². The van der Waals surface area contributed by atoms with Crippen LogP contribution in [0.5, 0.6) is 0 Å². The SMILES string of the molecule is O=C(CN1CCOCC1)Nc1ccc(NC(=O)c2cccc(I)c2)cc1. The number of hydrogen-bond acceptors (Lipinski definition) is 4. The number of carbonyl (C=O) groups is 2. The predicted octanol–water partition coefficient (Wildman–Crippen LogP) is 2.81. The molecule has 1 aliphatic heterocycles. The average molecular weight is 465 g/mol. The molecule has 26 heavy (non-hydrogen) atoms. The summed E-state index contributed by atoms with van der Waals surface area (Å²) in [6, 6.07) is 14.5. The quantitative estimate of drug-likeness (QED) is 0.667. The summed E-state index contributed by atoms with van der Waals surface area (Å²) >= 11 is 2.17. The highest BCUT2D eigenvalue weighted by Crippen LogP contribution is 2.16. The van der Waals surface area contributed by atoms with E-state index in [9.17, 15) is 9.59 Å². The normalized spacial score (nSPS) is 14.7. The fourth-order valence-corrected chi connectivity index (χ4v) is 3.18. The largest absolute Gasteiger partial charge is 0.379 e. The summed E-state index contributed by atoms with van der Waals surface area (Å²) in [6.45, 7) is 3.24. The van der Waals surface area contributed by atoms with E-state index < -0.39 is 0 Å². The highest BCUT2D eigenvalue weighted by Gasteiger charge is 2.14. The van der Waals surface area contributed by atoms with Crippen LogP contribution in [-0.2, 0) is 9.53 Å². The van der Waals surface area contributed by atoms with Crippen molar-refractivity contribution in [2.45, 2.75) is 0 Å². The number of halogens is 1. The Morgan fingerprint density at radius 1 is 1.00 bits per heavy atom. The van der Waals surface area contributed by atoms with Crippen LogP contribution in [0.15, 0.2) is 48.5 Å². The van der Waals surface area contributed by atoms with E-state index >= 15 is 0 Å². The van der Waals surface area contributed by atoms with Crippen molar-refractivity contribution >= 4 is 45.8 Å². The first kappa shape index (κ1) is 18.8. The van der Waals surface area contributed by atoms with E-state index in [1.165, 1.54) is 0 Å². The van der Waals surface area contributed by atoms with Gasteiger partial charge in [0, 0.05) is 33.6 Å². The minimum absolute atomic E-state index is 0.0532. The van der Waals surface area contributed by atoms with Gasteiger partial charge >= 0.3 is 0 Å². The lowest BCUT2D eigenvalue weighted by Crippen LogP contribution is -2.41. The van der Waals surface area contributed by atoms with Gasteiger partial charge in [0.2, 0.25) is 5.91 Å². The molecule has 2 aromatic carbocycles. The summed E-state index contributed by atoms with van der Waals surface area (Å²) in [5.41, 5.74) is 2.00. The molecule has 0 atom stereocenters. The van der Waals surface area contributed by atoms with Crippen LogP contribution < -0.4 is 10.6 Å². The molecule has 2 aromatic rings. The van der Waals surface area contributed by atoms with Gasteiger partial charge in [-0.1, -0.05) is 6.07 Å². The Balaban J connectivity index is 1.53. The van der Waals surface area contributed by atoms with Gasteiger partial charge in [-0.3, -0.25) is 14.5 Å². The Labute approximate surface area is 166 Å². The smallest absolute Gasteiger partial charge is 0.255 e. The van der Waals surface area contributed by atoms with Crippen molar-refractivity contribution in [3.63, 3.8) is 0 Å². The third-order valence-electron chi connectivity index (χ3n) is 3.98. The molecule has 2 N–H and O–H groups in total. The molecule has 0 spiro atoms. The van der Waals surface area contributed by atoms with Crippen LogP contribution in [0.1, 0.15) is 10.4 Å². The van der Waals surface area contributed by atoms with E-state index in [1.807, 2.05) is 18.2 Å². The van der Waals surface area contributed by atoms with Gasteiger partial charge in [0.1, 0.15) is 0 Å². The second-order valence-corrected chi connectivity index (χ2v) is 7.22. The number of nitrogens with one attached hydrogen (secondary N) is 2. The maximum Gasteiger partial charge on any atom is 0.255 e. The molecule has 1 aliphatic rings. The summed E-state index contributed by atoms with van der Waals surface area (Å²) in [5.74, 6) is -0.213. The van der Waals surface area contributed by atoms with Crippen LogP contribution in [0.3, 0.4) is 0 Å². The molecule has 0 bridgehead atoms. The first-order valence-electron chi connectivity index (χ1n) is 8.37. The molecular weight excluding hydrogens is 445 g/mol. The van der Waals surface area contributed by atoms with Crippen LogP contribution in [-0.4, -0.2) is 49.6 Å². The molecule has 1 fully saturated rings. The lowest BCUT2D eigenvalue weighted by atomic mass is 10.2. The van der Waals surface area contributed by atoms with Crippen molar-refractivity contribution < 1.29 is 14.3 Å². The minimum Gasteiger partial charge on any atom is -0.379 e. The third kappa shape index (κ3) is 5.52. The number of anilines is 2. The molecule has 136 valence electrons. The molecule has 0 unspecified atom stereocenters. The lowest BCUT2D eigenvalue weighted by Gasteiger charge is -2.25. The van der Waals surface area contributed by atoms with E-state index in [0.29, 0.717) is 36.7 Å². The Hall–Kier alpha value is -1.97. The van der Waals surface area contributed by atoms with E-state index in [4.69, 9.17) is 4.74 Å². The number of amides is 2. The maximum atomic E-state index is 12.3. The Bertz CT molecular complexity index is 774. The molecule has 1 heterocycles. The van der Waals surface area contributed by atoms with Crippen molar-refractivity contribution in [1.29, 1.82) is 0 Å². The van der Waals surface area contributed by atoms with Gasteiger partial charge in [-0.15, -0.1) is 0 Å². The third-order valence-corrected chi connectivity index (χ3v) is 4.66. The number of ether oxygens (including phenoxy) is 1. The maximum absolute atomic E-state index is 12.3. The number of hydrogen-bond donors (Lipinski definition) is 2. The zero-order chi connectivity index (χ0) is 18.4. The van der Waals surface area contributed by atoms with E-state index in [1.54, 1.807) is 30.3 Å². The summed E-state index contributed by atoms with van der Waals surface area (Å²) < 4.78 is 6.28. The molecule has 0 radical (unpaired) electrons. The van der Waals surface area contributed by atoms with Crippen molar-refractivity contribution in [2.24, 2.45) is 0 Å². The van der Waals surface area contributed by atoms with Crippen molar-refractivity contribution in [3.05, 3.63) is 57.7 Å². The van der Waals surface area contributed by atoms with Gasteiger partial charge in [-0.2, -0.15) is 0 Å². The van der Waals surface area contributed by atoms with Crippen LogP contribution in [0.2, 0.25) is 0 Å². The number of rotatable bonds is 5. The van der Waals surface area contributed by atoms with Crippen LogP contribution in [0, 0.1) is 3.57 Å². The molecule has 7 heteroatoms. The predicted molar refractivity (Wildman–Crippen MR) is 109 cm³/mol. The first-order chi connectivity index (χ1) is 12.6. The number of nitrogens with zero attached hydrogens (tertiary/aromatic N) is 1. The average Bonchev–Trinajstić information content (AvgIpc) is 2.64. The Morgan fingerprint density at radius 3 is 2.31 bits per heavy atom. The summed E-state index contributed by atoms with van der Waals surface area (Å²) in [5, 5.41) is 5.73. The lowest BCUT2D eigenvalue weighted by molar-refractivity contribution is -0.118. The molecule has 2 amide bonds. The van der Waals surface area contributed by atoms with Crippen molar-refractivity contribution in [3.8, 4) is 0 Å². The highest BCUT2D eigenvalue weighted by molar-refractivity contribution is 14.1. The van der Waals surface area contributed by atoms with Gasteiger partial charge in [0.05, 0.1) is 19.8 Å². The van der Waals surface area contributed by atoms with Crippen molar-refractivity contribution in [1.82, 2.24) is 4.90 Å². The van der Waals surface area contributed by atoms with Gasteiger partial charge in [-0.25, -0.2) is 0 Å². The number of carbonyl (C=O) groups excluding carboxylic acids is 2. The molecule has 6 nitrogen and oxygen atoms in total. The Kier molecular flexibility index (Phi) is 6.59. The van der Waals surface area contributed by atoms with Crippen LogP contribution in [0.25, 0.3) is 0 Å². The summed E-state index contributed by atoms with van der Waals surface area (Å²) in [6.07, 6.45) is 0. The van der Waals surface area contributed by atoms with Crippen LogP contribution in [0.4, 0.5) is 11.4 Å². The van der Waals surface area contributed by atoms with Gasteiger partial charge < -0.3 is 15.4 Å². The summed E-state index contributed by atoms with van der Waals surface area (Å²) in [4.78, 5) is 26.4. The second kappa shape index (κ2) is 9.11. The fraction of sp³-hybridized carbons (Fsp3) is 0.263. The van der Waals surface area contributed by atoms with E-state index in [-0.39, 0.29) is 11.8 Å². The monoisotopic (exact) mass is 465 g/mol. The summed E-state index contributed by atoms with van der Waals surface area (Å²) in [7, 11) is 0. The van der Waals surface area contributed by atoms with Gasteiger partial charge in [0.25, 0.3) is 5.91 Å². The molecule has 1 saturated heterocycles.